The van der Waals surface area contributed by atoms with Crippen LogP contribution in [0.15, 0.2) is 34.5 Å². The van der Waals surface area contributed by atoms with Gasteiger partial charge in [-0.3, -0.25) is 24.0 Å². The summed E-state index contributed by atoms with van der Waals surface area (Å²) in [5, 5.41) is 0. The molecule has 0 amide bonds. The zero-order valence-corrected chi connectivity index (χ0v) is 25.6. The van der Waals surface area contributed by atoms with Gasteiger partial charge in [0.25, 0.3) is 0 Å². The van der Waals surface area contributed by atoms with Crippen LogP contribution in [0.5, 0.6) is 0 Å². The second kappa shape index (κ2) is 15.0. The third-order valence-corrected chi connectivity index (χ3v) is 8.37. The summed E-state index contributed by atoms with van der Waals surface area (Å²) in [4.78, 5) is 74.4. The van der Waals surface area contributed by atoms with Crippen LogP contribution in [0.1, 0.15) is 60.2 Å². The Kier molecular flexibility index (Phi) is 11.7. The van der Waals surface area contributed by atoms with Crippen LogP contribution >= 0.6 is 23.1 Å². The quantitative estimate of drug-likeness (QED) is 0.215. The first-order valence-corrected chi connectivity index (χ1v) is 14.7. The Hall–Kier alpha value is -3.95. The fourth-order valence-electron chi connectivity index (χ4n) is 4.18. The zero-order chi connectivity index (χ0) is 31.8. The molecule has 13 nitrogen and oxygen atoms in total. The van der Waals surface area contributed by atoms with Crippen LogP contribution < -0.4 is 5.73 Å². The van der Waals surface area contributed by atoms with Crippen molar-refractivity contribution in [1.29, 1.82) is 0 Å². The minimum Gasteiger partial charge on any atom is -0.463 e. The van der Waals surface area contributed by atoms with E-state index in [0.717, 1.165) is 50.8 Å². The van der Waals surface area contributed by atoms with E-state index in [1.165, 1.54) is 0 Å². The van der Waals surface area contributed by atoms with Crippen LogP contribution in [0.3, 0.4) is 0 Å². The molecule has 1 aromatic heterocycles. The maximum Gasteiger partial charge on any atom is 0.342 e. The maximum atomic E-state index is 13.3. The van der Waals surface area contributed by atoms with Gasteiger partial charge in [-0.2, -0.15) is 0 Å². The SMILES string of the molecule is CCOC(=O)c1c(S[C@@H]2O[C@H](COC(C)=O)[C@@H](OC(C)=O)[C@H](OC(C)=O)[C@H]2OC(C)=O)sc(C(=O)c2ccccc2)c1N. The van der Waals surface area contributed by atoms with Crippen LogP contribution in [-0.4, -0.2) is 78.7 Å². The summed E-state index contributed by atoms with van der Waals surface area (Å²) in [5.41, 5.74) is 5.19. The molecule has 1 saturated heterocycles. The van der Waals surface area contributed by atoms with Gasteiger partial charge in [-0.1, -0.05) is 42.1 Å². The van der Waals surface area contributed by atoms with E-state index in [1.807, 2.05) is 0 Å². The molecule has 5 atom stereocenters. The van der Waals surface area contributed by atoms with Gasteiger partial charge in [0.05, 0.1) is 16.5 Å². The van der Waals surface area contributed by atoms with Crippen molar-refractivity contribution >= 4 is 64.4 Å². The molecule has 43 heavy (non-hydrogen) atoms. The molecule has 0 radical (unpaired) electrons. The highest BCUT2D eigenvalue weighted by atomic mass is 32.2. The molecule has 1 aliphatic heterocycles. The van der Waals surface area contributed by atoms with Gasteiger partial charge in [-0.15, -0.1) is 11.3 Å². The number of rotatable bonds is 11. The summed E-state index contributed by atoms with van der Waals surface area (Å²) in [6, 6.07) is 8.28. The van der Waals surface area contributed by atoms with E-state index in [-0.39, 0.29) is 26.9 Å². The monoisotopic (exact) mass is 637 g/mol. The van der Waals surface area contributed by atoms with Crippen molar-refractivity contribution in [2.45, 2.75) is 68.7 Å². The first-order chi connectivity index (χ1) is 20.3. The Morgan fingerprint density at radius 2 is 1.42 bits per heavy atom. The molecule has 0 saturated carbocycles. The smallest absolute Gasteiger partial charge is 0.342 e. The number of esters is 5. The first kappa shape index (κ1) is 33.6. The third-order valence-electron chi connectivity index (χ3n) is 5.81. The fourth-order valence-corrected chi connectivity index (χ4v) is 6.88. The number of nitrogens with two attached hydrogens (primary N) is 1. The van der Waals surface area contributed by atoms with Gasteiger partial charge in [-0.05, 0) is 6.92 Å². The lowest BCUT2D eigenvalue weighted by atomic mass is 9.99. The van der Waals surface area contributed by atoms with Crippen molar-refractivity contribution < 1.29 is 57.2 Å². The highest BCUT2D eigenvalue weighted by Gasteiger charge is 2.53. The number of thiophene rings is 1. The van der Waals surface area contributed by atoms with Gasteiger partial charge in [0, 0.05) is 33.3 Å². The van der Waals surface area contributed by atoms with E-state index in [9.17, 15) is 28.8 Å². The average Bonchev–Trinajstić information content (AvgIpc) is 3.25. The molecule has 2 aromatic rings. The molecule has 3 rings (SSSR count). The molecule has 0 spiro atoms. The summed E-state index contributed by atoms with van der Waals surface area (Å²) in [5.74, 6) is -4.27. The van der Waals surface area contributed by atoms with Crippen LogP contribution in [-0.2, 0) is 47.6 Å². The Balaban J connectivity index is 2.13. The number of benzene rings is 1. The molecule has 0 unspecified atom stereocenters. The van der Waals surface area contributed by atoms with Gasteiger partial charge < -0.3 is 34.2 Å². The Bertz CT molecular complexity index is 1380. The third kappa shape index (κ3) is 8.55. The highest BCUT2D eigenvalue weighted by Crippen LogP contribution is 2.45. The van der Waals surface area contributed by atoms with E-state index >= 15 is 0 Å². The van der Waals surface area contributed by atoms with E-state index < -0.39 is 72.1 Å². The Morgan fingerprint density at radius 1 is 0.837 bits per heavy atom. The van der Waals surface area contributed by atoms with Crippen molar-refractivity contribution in [3.8, 4) is 0 Å². The number of carbonyl (C=O) groups is 6. The number of hydrogen-bond acceptors (Lipinski definition) is 15. The lowest BCUT2D eigenvalue weighted by Gasteiger charge is -2.44. The van der Waals surface area contributed by atoms with Gasteiger partial charge in [0.15, 0.2) is 18.3 Å². The molecule has 2 heterocycles. The largest absolute Gasteiger partial charge is 0.463 e. The predicted molar refractivity (Wildman–Crippen MR) is 152 cm³/mol. The van der Waals surface area contributed by atoms with E-state index in [0.29, 0.717) is 5.56 Å². The van der Waals surface area contributed by atoms with Crippen LogP contribution in [0.25, 0.3) is 0 Å². The molecule has 15 heteroatoms. The van der Waals surface area contributed by atoms with Crippen LogP contribution in [0.4, 0.5) is 5.69 Å². The highest BCUT2D eigenvalue weighted by molar-refractivity contribution is 8.01. The van der Waals surface area contributed by atoms with Crippen molar-refractivity contribution in [3.05, 3.63) is 46.3 Å². The normalized spacial score (nSPS) is 21.3. The van der Waals surface area contributed by atoms with E-state index in [2.05, 4.69) is 0 Å². The molecule has 1 fully saturated rings. The number of anilines is 1. The zero-order valence-electron chi connectivity index (χ0n) is 24.0. The lowest BCUT2D eigenvalue weighted by molar-refractivity contribution is -0.237. The van der Waals surface area contributed by atoms with Crippen LogP contribution in [0.2, 0.25) is 0 Å². The van der Waals surface area contributed by atoms with Gasteiger partial charge in [0.2, 0.25) is 5.78 Å². The number of hydrogen-bond donors (Lipinski definition) is 1. The second-order valence-electron chi connectivity index (χ2n) is 9.11. The number of nitrogen functional groups attached to an aromatic ring is 1. The summed E-state index contributed by atoms with van der Waals surface area (Å²) in [7, 11) is 0. The molecule has 0 bridgehead atoms. The topological polar surface area (TPSA) is 184 Å². The standard InChI is InChI=1S/C28H31NO12S2/c1-6-36-26(35)19-20(29)25(21(34)17-10-8-7-9-11-17)42-28(19)43-27-24(40-16(5)33)23(39-15(4)32)22(38-14(3)31)18(41-27)12-37-13(2)30/h7-11,18,22-24,27H,6,12,29H2,1-5H3/t18-,22-,23+,24-,27+/m1/s1. The Morgan fingerprint density at radius 3 is 1.98 bits per heavy atom. The molecule has 0 aliphatic carbocycles. The molecule has 2 N–H and O–H groups in total. The minimum atomic E-state index is -1.41. The average molecular weight is 638 g/mol. The minimum absolute atomic E-state index is 0.0131. The van der Waals surface area contributed by atoms with E-state index in [1.54, 1.807) is 37.3 Å². The maximum absolute atomic E-state index is 13.3. The van der Waals surface area contributed by atoms with E-state index in [4.69, 9.17) is 34.2 Å². The first-order valence-electron chi connectivity index (χ1n) is 13.0. The van der Waals surface area contributed by atoms with Crippen molar-refractivity contribution in [1.82, 2.24) is 0 Å². The van der Waals surface area contributed by atoms with Crippen molar-refractivity contribution in [2.24, 2.45) is 0 Å². The Labute approximate surface area is 255 Å². The predicted octanol–water partition coefficient (Wildman–Crippen LogP) is 2.91. The molecule has 1 aromatic carbocycles. The summed E-state index contributed by atoms with van der Waals surface area (Å²) in [6.45, 7) is 5.68. The van der Waals surface area contributed by atoms with Crippen LogP contribution in [0, 0.1) is 0 Å². The van der Waals surface area contributed by atoms with Gasteiger partial charge >= 0.3 is 29.8 Å². The van der Waals surface area contributed by atoms with Crippen molar-refractivity contribution in [3.63, 3.8) is 0 Å². The molecular formula is C28H31NO12S2. The fraction of sp³-hybridized carbons (Fsp3) is 0.429. The number of ketones is 1. The summed E-state index contributed by atoms with van der Waals surface area (Å²) in [6.07, 6.45) is -5.35. The number of carbonyl (C=O) groups excluding carboxylic acids is 6. The second-order valence-corrected chi connectivity index (χ2v) is 11.5. The molecule has 232 valence electrons. The van der Waals surface area contributed by atoms with Gasteiger partial charge in [-0.25, -0.2) is 4.79 Å². The number of thioether (sulfide) groups is 1. The number of ether oxygens (including phenoxy) is 6. The molecule has 1 aliphatic rings. The molecular weight excluding hydrogens is 606 g/mol. The van der Waals surface area contributed by atoms with Gasteiger partial charge in [0.1, 0.15) is 28.6 Å². The summed E-state index contributed by atoms with van der Waals surface area (Å²) < 4.78 is 33.0. The lowest BCUT2D eigenvalue weighted by Crippen LogP contribution is -2.61. The van der Waals surface area contributed by atoms with Crippen molar-refractivity contribution in [2.75, 3.05) is 18.9 Å². The summed E-state index contributed by atoms with van der Waals surface area (Å²) >= 11 is 1.74.